The molecule has 2 aromatic rings. The third kappa shape index (κ3) is 5.74. The maximum Gasteiger partial charge on any atom is 0.342 e. The van der Waals surface area contributed by atoms with E-state index in [-0.39, 0.29) is 29.4 Å². The van der Waals surface area contributed by atoms with E-state index in [1.165, 1.54) is 20.4 Å². The van der Waals surface area contributed by atoms with Crippen molar-refractivity contribution in [3.05, 3.63) is 30.0 Å². The van der Waals surface area contributed by atoms with E-state index < -0.39 is 18.4 Å². The van der Waals surface area contributed by atoms with Crippen LogP contribution in [-0.4, -0.2) is 86.5 Å². The highest BCUT2D eigenvalue weighted by Crippen LogP contribution is 2.40. The fourth-order valence-electron chi connectivity index (χ4n) is 4.66. The summed E-state index contributed by atoms with van der Waals surface area (Å²) in [4.78, 5) is 38.3. The molecule has 1 aromatic heterocycles. The molecule has 1 aliphatic heterocycles. The van der Waals surface area contributed by atoms with Gasteiger partial charge in [0.2, 0.25) is 5.95 Å². The van der Waals surface area contributed by atoms with Crippen LogP contribution in [0.2, 0.25) is 0 Å². The highest BCUT2D eigenvalue weighted by molar-refractivity contribution is 6.02. The number of fused-ring (bicyclic) bond motifs is 1. The van der Waals surface area contributed by atoms with Crippen LogP contribution in [0.5, 0.6) is 5.75 Å². The third-order valence-electron chi connectivity index (χ3n) is 6.69. The van der Waals surface area contributed by atoms with Crippen molar-refractivity contribution in [3.63, 3.8) is 0 Å². The molecule has 4 rings (SSSR count). The van der Waals surface area contributed by atoms with Crippen LogP contribution in [0.25, 0.3) is 0 Å². The Labute approximate surface area is 215 Å². The van der Waals surface area contributed by atoms with Crippen molar-refractivity contribution in [2.45, 2.75) is 37.6 Å². The lowest BCUT2D eigenvalue weighted by Gasteiger charge is -2.31. The van der Waals surface area contributed by atoms with Crippen LogP contribution < -0.4 is 25.2 Å². The summed E-state index contributed by atoms with van der Waals surface area (Å²) in [6, 6.07) is 4.80. The van der Waals surface area contributed by atoms with Gasteiger partial charge in [-0.15, -0.1) is 0 Å². The van der Waals surface area contributed by atoms with Crippen molar-refractivity contribution in [3.8, 4) is 5.75 Å². The molecular weight excluding hydrogens is 484 g/mol. The predicted octanol–water partition coefficient (Wildman–Crippen LogP) is 2.88. The minimum Gasteiger partial charge on any atom is -0.495 e. The van der Waals surface area contributed by atoms with E-state index in [0.29, 0.717) is 30.1 Å². The minimum atomic E-state index is -3.54. The summed E-state index contributed by atoms with van der Waals surface area (Å²) in [5.41, 5.74) is 1.17. The molecule has 0 unspecified atom stereocenters. The van der Waals surface area contributed by atoms with Gasteiger partial charge in [0.15, 0.2) is 5.82 Å². The van der Waals surface area contributed by atoms with Crippen LogP contribution in [0.4, 0.5) is 31.9 Å². The predicted molar refractivity (Wildman–Crippen MR) is 137 cm³/mol. The van der Waals surface area contributed by atoms with Crippen LogP contribution in [0, 0.1) is 0 Å². The second kappa shape index (κ2) is 10.8. The van der Waals surface area contributed by atoms with E-state index in [0.717, 1.165) is 30.6 Å². The molecule has 2 aliphatic rings. The van der Waals surface area contributed by atoms with Gasteiger partial charge in [0, 0.05) is 31.7 Å². The first kappa shape index (κ1) is 26.5. The topological polar surface area (TPSA) is 103 Å². The number of benzene rings is 1. The summed E-state index contributed by atoms with van der Waals surface area (Å²) >= 11 is 0. The fraction of sp³-hybridized carbons (Fsp3) is 0.520. The second-order valence-corrected chi connectivity index (χ2v) is 9.64. The Bertz CT molecular complexity index is 1160. The van der Waals surface area contributed by atoms with Gasteiger partial charge in [-0.05, 0) is 45.1 Å². The van der Waals surface area contributed by atoms with Crippen molar-refractivity contribution in [2.75, 3.05) is 63.0 Å². The molecule has 2 heterocycles. The average molecular weight is 518 g/mol. The summed E-state index contributed by atoms with van der Waals surface area (Å²) in [7, 11) is 6.65. The lowest BCUT2D eigenvalue weighted by atomic mass is 10.1. The molecule has 1 fully saturated rings. The number of rotatable bonds is 8. The molecule has 12 heteroatoms. The van der Waals surface area contributed by atoms with Gasteiger partial charge in [0.1, 0.15) is 11.4 Å². The molecule has 1 aromatic carbocycles. The number of aromatic nitrogens is 2. The first-order valence-corrected chi connectivity index (χ1v) is 12.3. The van der Waals surface area contributed by atoms with E-state index in [4.69, 9.17) is 4.74 Å². The number of likely N-dealkylation sites (N-methyl/N-ethyl adjacent to an activating group) is 1. The van der Waals surface area contributed by atoms with Crippen molar-refractivity contribution >= 4 is 35.0 Å². The molecule has 0 spiro atoms. The Hall–Kier alpha value is -3.54. The van der Waals surface area contributed by atoms with E-state index in [2.05, 4.69) is 20.6 Å². The summed E-state index contributed by atoms with van der Waals surface area (Å²) in [5.74, 6) is -4.21. The normalized spacial score (nSPS) is 17.5. The molecule has 1 saturated carbocycles. The van der Waals surface area contributed by atoms with Crippen LogP contribution >= 0.6 is 0 Å². The third-order valence-corrected chi connectivity index (χ3v) is 6.69. The Kier molecular flexibility index (Phi) is 7.76. The first-order chi connectivity index (χ1) is 17.6. The summed E-state index contributed by atoms with van der Waals surface area (Å²) in [5, 5.41) is 5.93. The smallest absolute Gasteiger partial charge is 0.342 e. The van der Waals surface area contributed by atoms with Crippen LogP contribution in [-0.2, 0) is 4.79 Å². The summed E-state index contributed by atoms with van der Waals surface area (Å²) in [6.45, 7) is 0.485. The number of nitrogens with zero attached hydrogens (tertiary/aromatic N) is 5. The molecule has 10 nitrogen and oxygen atoms in total. The van der Waals surface area contributed by atoms with Crippen LogP contribution in [0.1, 0.15) is 36.0 Å². The van der Waals surface area contributed by atoms with Gasteiger partial charge in [-0.1, -0.05) is 12.8 Å². The number of anilines is 4. The zero-order chi connectivity index (χ0) is 26.7. The number of amides is 2. The van der Waals surface area contributed by atoms with E-state index >= 15 is 0 Å². The number of methoxy groups -OCH3 is 1. The highest BCUT2D eigenvalue weighted by atomic mass is 19.3. The Morgan fingerprint density at radius 3 is 2.68 bits per heavy atom. The molecule has 1 aliphatic carbocycles. The SMILES string of the molecule is COc1cc(C(=O)NCCN(C)C)ccc1Nc1ncc2c(n1)N(C1CCCC1)CC(F)(F)C(=O)N2C. The number of alkyl halides is 2. The molecule has 37 heavy (non-hydrogen) atoms. The lowest BCUT2D eigenvalue weighted by molar-refractivity contribution is -0.140. The van der Waals surface area contributed by atoms with Crippen molar-refractivity contribution in [1.29, 1.82) is 0 Å². The Morgan fingerprint density at radius 2 is 2.00 bits per heavy atom. The molecule has 200 valence electrons. The zero-order valence-corrected chi connectivity index (χ0v) is 21.6. The van der Waals surface area contributed by atoms with Crippen LogP contribution in [0.3, 0.4) is 0 Å². The quantitative estimate of drug-likeness (QED) is 0.551. The van der Waals surface area contributed by atoms with Crippen molar-refractivity contribution in [1.82, 2.24) is 20.2 Å². The second-order valence-electron chi connectivity index (χ2n) is 9.64. The van der Waals surface area contributed by atoms with E-state index in [1.54, 1.807) is 23.1 Å². The number of ether oxygens (including phenoxy) is 1. The molecule has 2 amide bonds. The Morgan fingerprint density at radius 1 is 1.27 bits per heavy atom. The van der Waals surface area contributed by atoms with Gasteiger partial charge >= 0.3 is 5.92 Å². The molecular formula is C25H33F2N7O3. The standard InChI is InChI=1S/C25H33F2N7O3/c1-32(2)12-11-28-22(35)16-9-10-18(20(13-16)37-4)30-24-29-14-19-21(31-24)34(17-7-5-6-8-17)15-25(26,27)23(36)33(19)3/h9-10,13-14,17H,5-8,11-12,15H2,1-4H3,(H,28,35)(H,29,30,31). The Balaban J connectivity index is 1.61. The highest BCUT2D eigenvalue weighted by Gasteiger charge is 2.48. The van der Waals surface area contributed by atoms with Gasteiger partial charge in [-0.3, -0.25) is 9.59 Å². The van der Waals surface area contributed by atoms with Gasteiger partial charge in [0.25, 0.3) is 11.8 Å². The molecule has 0 saturated heterocycles. The van der Waals surface area contributed by atoms with Gasteiger partial charge in [0.05, 0.1) is 25.5 Å². The lowest BCUT2D eigenvalue weighted by Crippen LogP contribution is -2.48. The zero-order valence-electron chi connectivity index (χ0n) is 21.6. The number of carbonyl (C=O) groups excluding carboxylic acids is 2. The minimum absolute atomic E-state index is 0.133. The molecule has 2 N–H and O–H groups in total. The average Bonchev–Trinajstić information content (AvgIpc) is 3.39. The maximum atomic E-state index is 14.8. The number of halogens is 2. The van der Waals surface area contributed by atoms with Gasteiger partial charge in [-0.2, -0.15) is 13.8 Å². The van der Waals surface area contributed by atoms with Crippen molar-refractivity contribution < 1.29 is 23.1 Å². The van der Waals surface area contributed by atoms with Crippen LogP contribution in [0.15, 0.2) is 24.4 Å². The maximum absolute atomic E-state index is 14.8. The van der Waals surface area contributed by atoms with Gasteiger partial charge < -0.3 is 30.1 Å². The number of hydrogen-bond acceptors (Lipinski definition) is 8. The number of hydrogen-bond donors (Lipinski definition) is 2. The van der Waals surface area contributed by atoms with Crippen molar-refractivity contribution in [2.24, 2.45) is 0 Å². The van der Waals surface area contributed by atoms with E-state index in [1.807, 2.05) is 19.0 Å². The monoisotopic (exact) mass is 517 g/mol. The van der Waals surface area contributed by atoms with E-state index in [9.17, 15) is 18.4 Å². The first-order valence-electron chi connectivity index (χ1n) is 12.3. The van der Waals surface area contributed by atoms with Gasteiger partial charge in [-0.25, -0.2) is 4.98 Å². The fourth-order valence-corrected chi connectivity index (χ4v) is 4.66. The summed E-state index contributed by atoms with van der Waals surface area (Å²) in [6.07, 6.45) is 4.77. The number of carbonyl (C=O) groups is 2. The summed E-state index contributed by atoms with van der Waals surface area (Å²) < 4.78 is 35.1. The number of nitrogens with one attached hydrogen (secondary N) is 2. The molecule has 0 atom stereocenters. The largest absolute Gasteiger partial charge is 0.495 e. The molecule has 0 radical (unpaired) electrons. The molecule has 0 bridgehead atoms.